The molecule has 0 fully saturated rings. The van der Waals surface area contributed by atoms with Gasteiger partial charge in [-0.3, -0.25) is 9.79 Å². The zero-order chi connectivity index (χ0) is 20.5. The van der Waals surface area contributed by atoms with E-state index in [4.69, 9.17) is 4.99 Å². The van der Waals surface area contributed by atoms with Gasteiger partial charge in [-0.05, 0) is 31.2 Å². The van der Waals surface area contributed by atoms with E-state index >= 15 is 0 Å². The molecule has 3 heterocycles. The second-order valence-electron chi connectivity index (χ2n) is 7.08. The zero-order valence-corrected chi connectivity index (χ0v) is 17.3. The summed E-state index contributed by atoms with van der Waals surface area (Å²) in [4.78, 5) is 24.0. The van der Waals surface area contributed by atoms with Crippen LogP contribution >= 0.6 is 11.8 Å². The van der Waals surface area contributed by atoms with Gasteiger partial charge < -0.3 is 10.2 Å². The monoisotopic (exact) mass is 416 g/mol. The minimum absolute atomic E-state index is 0.0633. The third kappa shape index (κ3) is 3.50. The lowest BCUT2D eigenvalue weighted by atomic mass is 10.2. The SMILES string of the molecule is Cc1ccc(NC(=O)CSC2=Nc3c(cnn3-c3ccccc3)C3=NCCN23)cc1. The molecule has 1 aromatic heterocycles. The van der Waals surface area contributed by atoms with Gasteiger partial charge in [0.15, 0.2) is 11.0 Å². The summed E-state index contributed by atoms with van der Waals surface area (Å²) in [6, 6.07) is 17.7. The minimum atomic E-state index is -0.0633. The van der Waals surface area contributed by atoms with Gasteiger partial charge in [0, 0.05) is 12.2 Å². The second-order valence-corrected chi connectivity index (χ2v) is 8.03. The van der Waals surface area contributed by atoms with Gasteiger partial charge in [0.1, 0.15) is 5.84 Å². The largest absolute Gasteiger partial charge is 0.325 e. The number of rotatable bonds is 4. The van der Waals surface area contributed by atoms with E-state index in [1.165, 1.54) is 11.8 Å². The lowest BCUT2D eigenvalue weighted by Gasteiger charge is -2.25. The minimum Gasteiger partial charge on any atom is -0.325 e. The number of para-hydroxylation sites is 1. The number of thioether (sulfide) groups is 1. The molecule has 0 saturated heterocycles. The number of amides is 1. The number of nitrogens with zero attached hydrogens (tertiary/aromatic N) is 5. The molecule has 0 radical (unpaired) electrons. The van der Waals surface area contributed by atoms with Crippen LogP contribution in [0.1, 0.15) is 11.1 Å². The number of aryl methyl sites for hydroxylation is 1. The molecule has 7 nitrogen and oxygen atoms in total. The molecule has 0 saturated carbocycles. The van der Waals surface area contributed by atoms with Crippen molar-refractivity contribution in [1.29, 1.82) is 0 Å². The van der Waals surface area contributed by atoms with Gasteiger partial charge in [-0.15, -0.1) is 0 Å². The molecule has 3 aromatic rings. The van der Waals surface area contributed by atoms with Gasteiger partial charge in [0.25, 0.3) is 0 Å². The molecule has 0 aliphatic carbocycles. The average molecular weight is 417 g/mol. The van der Waals surface area contributed by atoms with Crippen LogP contribution in [0.3, 0.4) is 0 Å². The van der Waals surface area contributed by atoms with Gasteiger partial charge in [-0.25, -0.2) is 9.67 Å². The maximum atomic E-state index is 12.5. The molecule has 1 amide bonds. The van der Waals surface area contributed by atoms with E-state index in [0.717, 1.165) is 45.9 Å². The zero-order valence-electron chi connectivity index (χ0n) is 16.4. The number of fused-ring (bicyclic) bond motifs is 3. The predicted octanol–water partition coefficient (Wildman–Crippen LogP) is 3.62. The van der Waals surface area contributed by atoms with Crippen LogP contribution in [0.25, 0.3) is 5.69 Å². The quantitative estimate of drug-likeness (QED) is 0.705. The van der Waals surface area contributed by atoms with Crippen LogP contribution in [0.4, 0.5) is 11.5 Å². The van der Waals surface area contributed by atoms with Crippen molar-refractivity contribution < 1.29 is 4.79 Å². The Morgan fingerprint density at radius 3 is 2.73 bits per heavy atom. The molecule has 8 heteroatoms. The third-order valence-electron chi connectivity index (χ3n) is 4.93. The molecule has 0 spiro atoms. The fourth-order valence-corrected chi connectivity index (χ4v) is 4.27. The fourth-order valence-electron chi connectivity index (χ4n) is 3.45. The highest BCUT2D eigenvalue weighted by Gasteiger charge is 2.32. The number of nitrogens with one attached hydrogen (secondary N) is 1. The molecule has 1 N–H and O–H groups in total. The number of aromatic nitrogens is 2. The maximum Gasteiger partial charge on any atom is 0.234 e. The van der Waals surface area contributed by atoms with Crippen molar-refractivity contribution in [2.45, 2.75) is 6.92 Å². The first kappa shape index (κ1) is 18.6. The Bertz CT molecular complexity index is 1150. The Hall–Kier alpha value is -3.39. The topological polar surface area (TPSA) is 74.9 Å². The average Bonchev–Trinajstić information content (AvgIpc) is 3.41. The molecular weight excluding hydrogens is 396 g/mol. The summed E-state index contributed by atoms with van der Waals surface area (Å²) in [5, 5.41) is 8.25. The van der Waals surface area contributed by atoms with E-state index in [-0.39, 0.29) is 11.7 Å². The summed E-state index contributed by atoms with van der Waals surface area (Å²) in [5.41, 5.74) is 3.82. The lowest BCUT2D eigenvalue weighted by Crippen LogP contribution is -2.36. The molecule has 0 unspecified atom stereocenters. The standard InChI is InChI=1S/C22H20N6OS/c1-15-7-9-16(10-8-15)25-19(29)14-30-22-26-21-18(20-23-11-12-27(20)22)13-24-28(21)17-5-3-2-4-6-17/h2-10,13H,11-12,14H2,1H3,(H,25,29). The van der Waals surface area contributed by atoms with Crippen molar-refractivity contribution >= 4 is 40.2 Å². The van der Waals surface area contributed by atoms with Crippen molar-refractivity contribution in [1.82, 2.24) is 14.7 Å². The molecule has 2 aliphatic heterocycles. The molecule has 0 bridgehead atoms. The van der Waals surface area contributed by atoms with Crippen LogP contribution in [0.2, 0.25) is 0 Å². The summed E-state index contributed by atoms with van der Waals surface area (Å²) in [6.07, 6.45) is 1.81. The Kier molecular flexibility index (Phi) is 4.84. The highest BCUT2D eigenvalue weighted by molar-refractivity contribution is 8.14. The smallest absolute Gasteiger partial charge is 0.234 e. The lowest BCUT2D eigenvalue weighted by molar-refractivity contribution is -0.113. The number of carbonyl (C=O) groups excluding carboxylic acids is 1. The first-order valence-electron chi connectivity index (χ1n) is 9.73. The number of hydrogen-bond acceptors (Lipinski definition) is 6. The molecular formula is C22H20N6OS. The van der Waals surface area contributed by atoms with Crippen LogP contribution in [-0.2, 0) is 4.79 Å². The Balaban J connectivity index is 1.38. The molecule has 150 valence electrons. The van der Waals surface area contributed by atoms with Gasteiger partial charge in [-0.1, -0.05) is 47.7 Å². The molecule has 0 atom stereocenters. The molecule has 30 heavy (non-hydrogen) atoms. The Labute approximate surface area is 178 Å². The van der Waals surface area contributed by atoms with Gasteiger partial charge in [0.05, 0.1) is 29.7 Å². The van der Waals surface area contributed by atoms with Crippen molar-refractivity contribution in [3.8, 4) is 5.69 Å². The number of amidine groups is 2. The highest BCUT2D eigenvalue weighted by Crippen LogP contribution is 2.33. The summed E-state index contributed by atoms with van der Waals surface area (Å²) in [6.45, 7) is 3.49. The third-order valence-corrected chi connectivity index (χ3v) is 5.90. The van der Waals surface area contributed by atoms with Crippen LogP contribution in [0, 0.1) is 6.92 Å². The van der Waals surface area contributed by atoms with E-state index in [1.807, 2.05) is 72.4 Å². The molecule has 5 rings (SSSR count). The van der Waals surface area contributed by atoms with Crippen LogP contribution in [-0.4, -0.2) is 50.4 Å². The first-order chi connectivity index (χ1) is 14.7. The number of aliphatic imine (C=N–C) groups is 2. The van der Waals surface area contributed by atoms with Crippen molar-refractivity contribution in [2.75, 3.05) is 24.2 Å². The van der Waals surface area contributed by atoms with Gasteiger partial charge in [-0.2, -0.15) is 5.10 Å². The van der Waals surface area contributed by atoms with Gasteiger partial charge >= 0.3 is 0 Å². The van der Waals surface area contributed by atoms with Crippen LogP contribution < -0.4 is 5.32 Å². The van der Waals surface area contributed by atoms with E-state index < -0.39 is 0 Å². The van der Waals surface area contributed by atoms with Crippen molar-refractivity contribution in [2.24, 2.45) is 9.98 Å². The maximum absolute atomic E-state index is 12.5. The summed E-state index contributed by atoms with van der Waals surface area (Å²) in [5.74, 6) is 1.83. The van der Waals surface area contributed by atoms with Crippen molar-refractivity contribution in [3.05, 3.63) is 71.9 Å². The summed E-state index contributed by atoms with van der Waals surface area (Å²) < 4.78 is 1.82. The van der Waals surface area contributed by atoms with E-state index in [9.17, 15) is 4.79 Å². The Morgan fingerprint density at radius 1 is 1.13 bits per heavy atom. The van der Waals surface area contributed by atoms with Gasteiger partial charge in [0.2, 0.25) is 5.91 Å². The molecule has 2 aliphatic rings. The normalized spacial score (nSPS) is 14.6. The molecule has 2 aromatic carbocycles. The van der Waals surface area contributed by atoms with Crippen molar-refractivity contribution in [3.63, 3.8) is 0 Å². The van der Waals surface area contributed by atoms with E-state index in [1.54, 1.807) is 0 Å². The fraction of sp³-hybridized carbons (Fsp3) is 0.182. The summed E-state index contributed by atoms with van der Waals surface area (Å²) >= 11 is 1.42. The number of anilines is 1. The number of benzene rings is 2. The van der Waals surface area contributed by atoms with E-state index in [2.05, 4.69) is 20.3 Å². The van der Waals surface area contributed by atoms with E-state index in [0.29, 0.717) is 6.54 Å². The first-order valence-corrected chi connectivity index (χ1v) is 10.7. The van der Waals surface area contributed by atoms with Crippen LogP contribution in [0.15, 0.2) is 70.8 Å². The second kappa shape index (κ2) is 7.79. The van der Waals surface area contributed by atoms with Crippen LogP contribution in [0.5, 0.6) is 0 Å². The summed E-state index contributed by atoms with van der Waals surface area (Å²) in [7, 11) is 0. The predicted molar refractivity (Wildman–Crippen MR) is 121 cm³/mol. The highest BCUT2D eigenvalue weighted by atomic mass is 32.2. The number of carbonyl (C=O) groups is 1. The number of hydrogen-bond donors (Lipinski definition) is 1. The Morgan fingerprint density at radius 2 is 1.93 bits per heavy atom.